The molecule has 3 aromatic rings. The van der Waals surface area contributed by atoms with E-state index in [-0.39, 0.29) is 5.02 Å². The average Bonchev–Trinajstić information content (AvgIpc) is 2.76. The van der Waals surface area contributed by atoms with E-state index in [1.54, 1.807) is 6.07 Å². The van der Waals surface area contributed by atoms with E-state index in [1.807, 2.05) is 4.57 Å². The summed E-state index contributed by atoms with van der Waals surface area (Å²) < 4.78 is 15.3. The second-order valence-corrected chi connectivity index (χ2v) is 5.39. The van der Waals surface area contributed by atoms with Gasteiger partial charge < -0.3 is 10.3 Å². The Morgan fingerprint density at radius 1 is 1.19 bits per heavy atom. The summed E-state index contributed by atoms with van der Waals surface area (Å²) in [7, 11) is 0. The molecule has 0 aliphatic rings. The van der Waals surface area contributed by atoms with Crippen LogP contribution >= 0.6 is 11.6 Å². The minimum absolute atomic E-state index is 0.0741. The Labute approximate surface area is 127 Å². The van der Waals surface area contributed by atoms with Gasteiger partial charge >= 0.3 is 0 Å². The zero-order valence-electron chi connectivity index (χ0n) is 11.6. The third-order valence-electron chi connectivity index (χ3n) is 3.59. The second-order valence-electron chi connectivity index (χ2n) is 4.98. The number of nitrogens with two attached hydrogens (primary N) is 1. The number of benzene rings is 2. The summed E-state index contributed by atoms with van der Waals surface area (Å²) in [6.07, 6.45) is 1.01. The van der Waals surface area contributed by atoms with E-state index in [0.29, 0.717) is 18.0 Å². The lowest BCUT2D eigenvalue weighted by molar-refractivity contribution is 0.629. The number of fused-ring (bicyclic) bond motifs is 1. The molecule has 0 fully saturated rings. The van der Waals surface area contributed by atoms with Crippen molar-refractivity contribution in [2.24, 2.45) is 0 Å². The van der Waals surface area contributed by atoms with Crippen molar-refractivity contribution in [2.45, 2.75) is 19.9 Å². The highest BCUT2D eigenvalue weighted by Crippen LogP contribution is 2.25. The van der Waals surface area contributed by atoms with Gasteiger partial charge in [0.05, 0.1) is 22.6 Å². The van der Waals surface area contributed by atoms with Crippen molar-refractivity contribution in [3.8, 4) is 0 Å². The van der Waals surface area contributed by atoms with Crippen LogP contribution in [0.2, 0.25) is 5.02 Å². The number of anilines is 1. The van der Waals surface area contributed by atoms with Crippen molar-refractivity contribution >= 4 is 28.6 Å². The molecule has 3 nitrogen and oxygen atoms in total. The summed E-state index contributed by atoms with van der Waals surface area (Å²) in [6, 6.07) is 11.2. The van der Waals surface area contributed by atoms with E-state index < -0.39 is 5.82 Å². The molecule has 0 radical (unpaired) electrons. The lowest BCUT2D eigenvalue weighted by atomic mass is 10.1. The number of rotatable bonds is 3. The maximum atomic E-state index is 13.5. The van der Waals surface area contributed by atoms with Gasteiger partial charge in [-0.25, -0.2) is 9.37 Å². The van der Waals surface area contributed by atoms with Crippen LogP contribution in [-0.4, -0.2) is 9.55 Å². The molecule has 1 aromatic heterocycles. The van der Waals surface area contributed by atoms with E-state index >= 15 is 0 Å². The Balaban J connectivity index is 2.03. The number of halogens is 2. The molecule has 0 atom stereocenters. The Hall–Kier alpha value is -2.07. The van der Waals surface area contributed by atoms with Crippen LogP contribution in [0.3, 0.4) is 0 Å². The van der Waals surface area contributed by atoms with Gasteiger partial charge in [0, 0.05) is 6.07 Å². The van der Waals surface area contributed by atoms with Gasteiger partial charge in [-0.1, -0.05) is 42.8 Å². The van der Waals surface area contributed by atoms with Gasteiger partial charge in [0.15, 0.2) is 0 Å². The van der Waals surface area contributed by atoms with Crippen LogP contribution in [0.4, 0.5) is 10.3 Å². The first kappa shape index (κ1) is 13.9. The molecule has 0 unspecified atom stereocenters. The highest BCUT2D eigenvalue weighted by Gasteiger charge is 2.12. The fraction of sp³-hybridized carbons (Fsp3) is 0.188. The Kier molecular flexibility index (Phi) is 3.55. The van der Waals surface area contributed by atoms with Crippen LogP contribution in [-0.2, 0) is 13.0 Å². The number of nitrogen functional groups attached to an aromatic ring is 1. The van der Waals surface area contributed by atoms with Crippen molar-refractivity contribution in [1.29, 1.82) is 0 Å². The van der Waals surface area contributed by atoms with Crippen LogP contribution in [0, 0.1) is 5.82 Å². The Morgan fingerprint density at radius 2 is 1.86 bits per heavy atom. The summed E-state index contributed by atoms with van der Waals surface area (Å²) in [4.78, 5) is 4.19. The van der Waals surface area contributed by atoms with Crippen molar-refractivity contribution in [2.75, 3.05) is 5.73 Å². The van der Waals surface area contributed by atoms with Crippen LogP contribution in [0.5, 0.6) is 0 Å². The summed E-state index contributed by atoms with van der Waals surface area (Å²) in [5, 5.41) is 0.0741. The molecule has 2 aromatic carbocycles. The number of aromatic nitrogens is 2. The molecule has 21 heavy (non-hydrogen) atoms. The lowest BCUT2D eigenvalue weighted by Gasteiger charge is -2.08. The molecule has 2 N–H and O–H groups in total. The van der Waals surface area contributed by atoms with Gasteiger partial charge in [0.25, 0.3) is 0 Å². The zero-order chi connectivity index (χ0) is 15.0. The normalized spacial score (nSPS) is 11.2. The van der Waals surface area contributed by atoms with E-state index in [0.717, 1.165) is 17.5 Å². The Morgan fingerprint density at radius 3 is 2.52 bits per heavy atom. The Bertz CT molecular complexity index is 793. The largest absolute Gasteiger partial charge is 0.369 e. The van der Waals surface area contributed by atoms with Crippen molar-refractivity contribution < 1.29 is 4.39 Å². The van der Waals surface area contributed by atoms with Gasteiger partial charge in [-0.15, -0.1) is 0 Å². The first-order valence-electron chi connectivity index (χ1n) is 6.77. The molecule has 0 aliphatic heterocycles. The second kappa shape index (κ2) is 5.37. The molecular formula is C16H15ClFN3. The number of aryl methyl sites for hydroxylation is 1. The highest BCUT2D eigenvalue weighted by molar-refractivity contribution is 6.31. The maximum absolute atomic E-state index is 13.5. The van der Waals surface area contributed by atoms with Crippen LogP contribution in [0.25, 0.3) is 11.0 Å². The SMILES string of the molecule is CCc1ccc(Cn2c(N)nc3cc(F)c(Cl)cc32)cc1. The number of hydrogen-bond acceptors (Lipinski definition) is 2. The first-order valence-corrected chi connectivity index (χ1v) is 7.15. The van der Waals surface area contributed by atoms with E-state index in [1.165, 1.54) is 11.6 Å². The van der Waals surface area contributed by atoms with Crippen molar-refractivity contribution in [3.05, 3.63) is 58.4 Å². The van der Waals surface area contributed by atoms with Gasteiger partial charge in [0.1, 0.15) is 5.82 Å². The van der Waals surface area contributed by atoms with Gasteiger partial charge in [-0.05, 0) is 23.6 Å². The van der Waals surface area contributed by atoms with E-state index in [9.17, 15) is 4.39 Å². The fourth-order valence-electron chi connectivity index (χ4n) is 2.37. The number of imidazole rings is 1. The summed E-state index contributed by atoms with van der Waals surface area (Å²) in [5.41, 5.74) is 9.59. The maximum Gasteiger partial charge on any atom is 0.201 e. The topological polar surface area (TPSA) is 43.8 Å². The van der Waals surface area contributed by atoms with E-state index in [4.69, 9.17) is 17.3 Å². The molecule has 3 rings (SSSR count). The van der Waals surface area contributed by atoms with E-state index in [2.05, 4.69) is 36.2 Å². The van der Waals surface area contributed by atoms with Gasteiger partial charge in [0.2, 0.25) is 5.95 Å². The predicted octanol–water partition coefficient (Wildman–Crippen LogP) is 4.02. The molecule has 108 valence electrons. The molecule has 0 bridgehead atoms. The number of nitrogens with zero attached hydrogens (tertiary/aromatic N) is 2. The molecule has 0 spiro atoms. The summed E-state index contributed by atoms with van der Waals surface area (Å²) in [6.45, 7) is 2.70. The van der Waals surface area contributed by atoms with Crippen LogP contribution in [0.1, 0.15) is 18.1 Å². The van der Waals surface area contributed by atoms with Gasteiger partial charge in [-0.3, -0.25) is 0 Å². The van der Waals surface area contributed by atoms with Crippen LogP contribution in [0.15, 0.2) is 36.4 Å². The first-order chi connectivity index (χ1) is 10.1. The van der Waals surface area contributed by atoms with Crippen LogP contribution < -0.4 is 5.73 Å². The lowest BCUT2D eigenvalue weighted by Crippen LogP contribution is -2.04. The minimum Gasteiger partial charge on any atom is -0.369 e. The third-order valence-corrected chi connectivity index (χ3v) is 3.88. The molecule has 0 aliphatic carbocycles. The molecule has 5 heteroatoms. The molecule has 0 saturated heterocycles. The average molecular weight is 304 g/mol. The molecule has 0 amide bonds. The summed E-state index contributed by atoms with van der Waals surface area (Å²) in [5.74, 6) is -0.132. The zero-order valence-corrected chi connectivity index (χ0v) is 12.4. The quantitative estimate of drug-likeness (QED) is 0.794. The smallest absolute Gasteiger partial charge is 0.201 e. The third kappa shape index (κ3) is 2.59. The summed E-state index contributed by atoms with van der Waals surface area (Å²) >= 11 is 5.85. The molecule has 1 heterocycles. The predicted molar refractivity (Wildman–Crippen MR) is 84.0 cm³/mol. The monoisotopic (exact) mass is 303 g/mol. The highest BCUT2D eigenvalue weighted by atomic mass is 35.5. The van der Waals surface area contributed by atoms with Gasteiger partial charge in [-0.2, -0.15) is 0 Å². The standard InChI is InChI=1S/C16H15ClFN3/c1-2-10-3-5-11(6-4-10)9-21-15-7-12(17)13(18)8-14(15)20-16(21)19/h3-8H,2,9H2,1H3,(H2,19,20). The molecular weight excluding hydrogens is 289 g/mol. The van der Waals surface area contributed by atoms with Crippen molar-refractivity contribution in [3.63, 3.8) is 0 Å². The van der Waals surface area contributed by atoms with Crippen molar-refractivity contribution in [1.82, 2.24) is 9.55 Å². The molecule has 0 saturated carbocycles. The minimum atomic E-state index is -0.485. The number of hydrogen-bond donors (Lipinski definition) is 1. The fourth-order valence-corrected chi connectivity index (χ4v) is 2.53.